The van der Waals surface area contributed by atoms with Gasteiger partial charge in [0.15, 0.2) is 0 Å². The maximum absolute atomic E-state index is 12.3. The van der Waals surface area contributed by atoms with E-state index in [2.05, 4.69) is 15.6 Å². The molecule has 1 saturated heterocycles. The number of rotatable bonds is 5. The molecule has 0 bridgehead atoms. The summed E-state index contributed by atoms with van der Waals surface area (Å²) in [6, 6.07) is 13.2. The fourth-order valence-electron chi connectivity index (χ4n) is 2.63. The molecule has 120 valence electrons. The third-order valence-electron chi connectivity index (χ3n) is 3.92. The van der Waals surface area contributed by atoms with Crippen molar-refractivity contribution in [3.8, 4) is 5.75 Å². The monoisotopic (exact) mass is 311 g/mol. The molecule has 0 aliphatic carbocycles. The molecule has 1 amide bonds. The van der Waals surface area contributed by atoms with Gasteiger partial charge in [-0.1, -0.05) is 12.1 Å². The van der Waals surface area contributed by atoms with Gasteiger partial charge in [-0.05, 0) is 50.2 Å². The number of carbonyl (C=O) groups excluding carboxylic acids is 1. The van der Waals surface area contributed by atoms with Crippen LogP contribution in [0.2, 0.25) is 0 Å². The van der Waals surface area contributed by atoms with Gasteiger partial charge in [0.25, 0.3) is 0 Å². The summed E-state index contributed by atoms with van der Waals surface area (Å²) in [5.41, 5.74) is 1.64. The highest BCUT2D eigenvalue weighted by molar-refractivity contribution is 5.92. The minimum atomic E-state index is 0.0911. The lowest BCUT2D eigenvalue weighted by molar-refractivity contribution is -0.120. The van der Waals surface area contributed by atoms with Crippen molar-refractivity contribution in [2.75, 3.05) is 18.4 Å². The second kappa shape index (κ2) is 7.74. The van der Waals surface area contributed by atoms with E-state index in [1.54, 1.807) is 6.20 Å². The van der Waals surface area contributed by atoms with Gasteiger partial charge < -0.3 is 15.4 Å². The summed E-state index contributed by atoms with van der Waals surface area (Å²) in [5.74, 6) is 0.904. The van der Waals surface area contributed by atoms with Crippen molar-refractivity contribution in [1.29, 1.82) is 0 Å². The first-order valence-electron chi connectivity index (χ1n) is 7.95. The summed E-state index contributed by atoms with van der Waals surface area (Å²) in [6.45, 7) is 2.23. The smallest absolute Gasteiger partial charge is 0.227 e. The number of pyridine rings is 1. The molecule has 0 spiro atoms. The van der Waals surface area contributed by atoms with E-state index in [0.717, 1.165) is 43.1 Å². The van der Waals surface area contributed by atoms with E-state index in [-0.39, 0.29) is 11.8 Å². The number of hydrogen-bond donors (Lipinski definition) is 2. The minimum Gasteiger partial charge on any atom is -0.487 e. The number of hydrogen-bond acceptors (Lipinski definition) is 4. The number of ether oxygens (including phenoxy) is 1. The van der Waals surface area contributed by atoms with E-state index in [1.165, 1.54) is 0 Å². The Kier molecular flexibility index (Phi) is 5.21. The zero-order valence-electron chi connectivity index (χ0n) is 13.0. The Morgan fingerprint density at radius 3 is 2.87 bits per heavy atom. The molecule has 5 heteroatoms. The average Bonchev–Trinajstić information content (AvgIpc) is 2.62. The summed E-state index contributed by atoms with van der Waals surface area (Å²) < 4.78 is 5.74. The summed E-state index contributed by atoms with van der Waals surface area (Å²) in [5, 5.41) is 6.26. The highest BCUT2D eigenvalue weighted by atomic mass is 16.5. The lowest BCUT2D eigenvalue weighted by Gasteiger charge is -2.21. The largest absolute Gasteiger partial charge is 0.487 e. The molecule has 1 fully saturated rings. The molecule has 1 aromatic carbocycles. The standard InChI is InChI=1S/C18H21N3O2/c22-18(14-7-10-19-11-8-14)21-15-5-3-6-17(12-15)23-13-16-4-1-2-9-20-16/h1-6,9,12,14,19H,7-8,10-11,13H2,(H,21,22). The van der Waals surface area contributed by atoms with Crippen LogP contribution in [0.5, 0.6) is 5.75 Å². The van der Waals surface area contributed by atoms with E-state index in [9.17, 15) is 4.79 Å². The number of nitrogens with zero attached hydrogens (tertiary/aromatic N) is 1. The SMILES string of the molecule is O=C(Nc1cccc(OCc2ccccn2)c1)C1CCNCC1. The van der Waals surface area contributed by atoms with Gasteiger partial charge in [-0.2, -0.15) is 0 Å². The van der Waals surface area contributed by atoms with Crippen LogP contribution in [0.4, 0.5) is 5.69 Å². The molecule has 23 heavy (non-hydrogen) atoms. The molecular weight excluding hydrogens is 290 g/mol. The molecule has 2 N–H and O–H groups in total. The fraction of sp³-hybridized carbons (Fsp3) is 0.333. The molecular formula is C18H21N3O2. The highest BCUT2D eigenvalue weighted by Gasteiger charge is 2.20. The number of nitrogens with one attached hydrogen (secondary N) is 2. The van der Waals surface area contributed by atoms with Crippen LogP contribution >= 0.6 is 0 Å². The summed E-state index contributed by atoms with van der Waals surface area (Å²) in [4.78, 5) is 16.5. The lowest BCUT2D eigenvalue weighted by atomic mass is 9.97. The Morgan fingerprint density at radius 2 is 2.09 bits per heavy atom. The van der Waals surface area contributed by atoms with Crippen LogP contribution < -0.4 is 15.4 Å². The Balaban J connectivity index is 1.57. The molecule has 0 atom stereocenters. The van der Waals surface area contributed by atoms with Crippen molar-refractivity contribution >= 4 is 11.6 Å². The predicted molar refractivity (Wildman–Crippen MR) is 89.2 cm³/mol. The second-order valence-electron chi connectivity index (χ2n) is 5.65. The predicted octanol–water partition coefficient (Wildman–Crippen LogP) is 2.60. The van der Waals surface area contributed by atoms with Crippen LogP contribution in [-0.4, -0.2) is 24.0 Å². The summed E-state index contributed by atoms with van der Waals surface area (Å²) in [7, 11) is 0. The molecule has 0 unspecified atom stereocenters. The zero-order chi connectivity index (χ0) is 15.9. The van der Waals surface area contributed by atoms with Gasteiger partial charge in [0.2, 0.25) is 5.91 Å². The van der Waals surface area contributed by atoms with E-state index in [0.29, 0.717) is 6.61 Å². The topological polar surface area (TPSA) is 63.2 Å². The van der Waals surface area contributed by atoms with Crippen molar-refractivity contribution in [3.05, 3.63) is 54.4 Å². The van der Waals surface area contributed by atoms with Crippen LogP contribution in [0.3, 0.4) is 0 Å². The number of aromatic nitrogens is 1. The van der Waals surface area contributed by atoms with E-state index in [4.69, 9.17) is 4.74 Å². The van der Waals surface area contributed by atoms with E-state index >= 15 is 0 Å². The number of benzene rings is 1. The molecule has 1 aliphatic heterocycles. The van der Waals surface area contributed by atoms with Gasteiger partial charge in [-0.25, -0.2) is 0 Å². The maximum Gasteiger partial charge on any atom is 0.227 e. The normalized spacial score (nSPS) is 15.1. The molecule has 1 aliphatic rings. The van der Waals surface area contributed by atoms with Gasteiger partial charge >= 0.3 is 0 Å². The van der Waals surface area contributed by atoms with Crippen molar-refractivity contribution in [2.45, 2.75) is 19.4 Å². The van der Waals surface area contributed by atoms with Gasteiger partial charge in [0.1, 0.15) is 12.4 Å². The second-order valence-corrected chi connectivity index (χ2v) is 5.65. The number of piperidine rings is 1. The van der Waals surface area contributed by atoms with Crippen molar-refractivity contribution in [2.24, 2.45) is 5.92 Å². The van der Waals surface area contributed by atoms with Gasteiger partial charge in [-0.3, -0.25) is 9.78 Å². The molecule has 2 aromatic rings. The molecule has 0 radical (unpaired) electrons. The van der Waals surface area contributed by atoms with E-state index < -0.39 is 0 Å². The molecule has 0 saturated carbocycles. The Labute approximate surface area is 136 Å². The maximum atomic E-state index is 12.3. The first-order valence-corrected chi connectivity index (χ1v) is 7.95. The average molecular weight is 311 g/mol. The Bertz CT molecular complexity index is 640. The van der Waals surface area contributed by atoms with E-state index in [1.807, 2.05) is 42.5 Å². The number of carbonyl (C=O) groups is 1. The molecule has 1 aromatic heterocycles. The van der Waals surface area contributed by atoms with Crippen LogP contribution in [0.25, 0.3) is 0 Å². The van der Waals surface area contributed by atoms with Crippen molar-refractivity contribution in [3.63, 3.8) is 0 Å². The zero-order valence-corrected chi connectivity index (χ0v) is 13.0. The van der Waals surface area contributed by atoms with Crippen LogP contribution in [0, 0.1) is 5.92 Å². The number of amides is 1. The molecule has 2 heterocycles. The highest BCUT2D eigenvalue weighted by Crippen LogP contribution is 2.20. The van der Waals surface area contributed by atoms with Crippen LogP contribution in [0.1, 0.15) is 18.5 Å². The first kappa shape index (κ1) is 15.5. The minimum absolute atomic E-state index is 0.0911. The third kappa shape index (κ3) is 4.53. The van der Waals surface area contributed by atoms with Crippen molar-refractivity contribution in [1.82, 2.24) is 10.3 Å². The summed E-state index contributed by atoms with van der Waals surface area (Å²) in [6.07, 6.45) is 3.53. The Morgan fingerprint density at radius 1 is 1.22 bits per heavy atom. The lowest BCUT2D eigenvalue weighted by Crippen LogP contribution is -2.34. The molecule has 5 nitrogen and oxygen atoms in total. The van der Waals surface area contributed by atoms with Gasteiger partial charge in [-0.15, -0.1) is 0 Å². The molecule has 3 rings (SSSR count). The van der Waals surface area contributed by atoms with Crippen molar-refractivity contribution < 1.29 is 9.53 Å². The van der Waals surface area contributed by atoms with Crippen LogP contribution in [-0.2, 0) is 11.4 Å². The number of anilines is 1. The quantitative estimate of drug-likeness (QED) is 0.891. The summed E-state index contributed by atoms with van der Waals surface area (Å²) >= 11 is 0. The Hall–Kier alpha value is -2.40. The third-order valence-corrected chi connectivity index (χ3v) is 3.92. The first-order chi connectivity index (χ1) is 11.3. The van der Waals surface area contributed by atoms with Crippen LogP contribution in [0.15, 0.2) is 48.7 Å². The fourth-order valence-corrected chi connectivity index (χ4v) is 2.63. The van der Waals surface area contributed by atoms with Gasteiger partial charge in [0, 0.05) is 23.9 Å². The van der Waals surface area contributed by atoms with Gasteiger partial charge in [0.05, 0.1) is 5.69 Å².